The number of carbonyl (C=O) groups excluding carboxylic acids is 2. The van der Waals surface area contributed by atoms with E-state index in [1.54, 1.807) is 31.2 Å². The molecule has 3 heterocycles. The van der Waals surface area contributed by atoms with Crippen LogP contribution >= 0.6 is 0 Å². The summed E-state index contributed by atoms with van der Waals surface area (Å²) < 4.78 is 25.0. The van der Waals surface area contributed by atoms with E-state index in [9.17, 15) is 14.7 Å². The van der Waals surface area contributed by atoms with Crippen LogP contribution < -0.4 is 5.32 Å². The average Bonchev–Trinajstić information content (AvgIpc) is 3.60. The van der Waals surface area contributed by atoms with E-state index in [0.29, 0.717) is 16.9 Å². The lowest BCUT2D eigenvalue weighted by atomic mass is 9.84. The lowest BCUT2D eigenvalue weighted by molar-refractivity contribution is -0.192. The molecule has 3 aliphatic rings. The SMILES string of the molecule is CC/C=C\[C@H]1O[C@@H]1C1=C(C)C(=O)[C@]2(O1)C(=O)N[C@@](OC)(C(O)c1ccccc1)[C@@H]2O[Si](CC)(CC)CC. The van der Waals surface area contributed by atoms with Crippen LogP contribution in [0.25, 0.3) is 0 Å². The summed E-state index contributed by atoms with van der Waals surface area (Å²) >= 11 is 0. The minimum absolute atomic E-state index is 0.214. The molecule has 3 aliphatic heterocycles. The smallest absolute Gasteiger partial charge is 0.277 e. The number of methoxy groups -OCH3 is 1. The fraction of sp³-hybridized carbons (Fsp3) is 0.571. The van der Waals surface area contributed by atoms with Gasteiger partial charge in [-0.2, -0.15) is 0 Å². The van der Waals surface area contributed by atoms with Gasteiger partial charge in [-0.15, -0.1) is 0 Å². The van der Waals surface area contributed by atoms with E-state index >= 15 is 0 Å². The van der Waals surface area contributed by atoms with E-state index in [2.05, 4.69) is 26.1 Å². The van der Waals surface area contributed by atoms with E-state index < -0.39 is 49.6 Å². The number of rotatable bonds is 11. The van der Waals surface area contributed by atoms with E-state index in [1.165, 1.54) is 7.11 Å². The zero-order chi connectivity index (χ0) is 27.0. The van der Waals surface area contributed by atoms with Crippen LogP contribution in [-0.2, 0) is 28.2 Å². The van der Waals surface area contributed by atoms with Gasteiger partial charge in [0.1, 0.15) is 24.1 Å². The van der Waals surface area contributed by atoms with Crippen molar-refractivity contribution in [3.8, 4) is 0 Å². The molecule has 2 saturated heterocycles. The number of aliphatic hydroxyl groups excluding tert-OH is 1. The minimum Gasteiger partial charge on any atom is -0.467 e. The Morgan fingerprint density at radius 1 is 1.14 bits per heavy atom. The van der Waals surface area contributed by atoms with Crippen LogP contribution in [0.4, 0.5) is 0 Å². The Bertz CT molecular complexity index is 1080. The first-order valence-corrected chi connectivity index (χ1v) is 15.8. The molecule has 0 aliphatic carbocycles. The predicted molar refractivity (Wildman–Crippen MR) is 141 cm³/mol. The molecule has 1 spiro atoms. The quantitative estimate of drug-likeness (QED) is 0.194. The summed E-state index contributed by atoms with van der Waals surface area (Å²) in [5, 5.41) is 14.5. The van der Waals surface area contributed by atoms with Gasteiger partial charge in [-0.3, -0.25) is 9.59 Å². The van der Waals surface area contributed by atoms with Crippen molar-refractivity contribution in [2.24, 2.45) is 0 Å². The molecule has 1 aromatic carbocycles. The first kappa shape index (κ1) is 27.7. The van der Waals surface area contributed by atoms with Gasteiger partial charge in [0.25, 0.3) is 11.5 Å². The second-order valence-electron chi connectivity index (χ2n) is 10.0. The zero-order valence-corrected chi connectivity index (χ0v) is 23.6. The standard InChI is InChI=1S/C28H39NO7Si/c1-7-11-17-20-22(34-20)21-18(5)23(30)27(35-21)25(36-37(8-2,9-3)10-4)28(33-6,29-26(27)32)24(31)19-15-13-12-14-16-19/h11-17,20,22,24-25,31H,7-10H2,1-6H3,(H,29,32)/b17-11-/t20-,22+,24?,25-,27-,28-/m1/s1. The Balaban J connectivity index is 1.82. The lowest BCUT2D eigenvalue weighted by Gasteiger charge is -2.44. The monoisotopic (exact) mass is 529 g/mol. The number of ketones is 1. The molecule has 4 rings (SSSR count). The van der Waals surface area contributed by atoms with Crippen molar-refractivity contribution in [1.29, 1.82) is 0 Å². The van der Waals surface area contributed by atoms with E-state index in [-0.39, 0.29) is 6.10 Å². The summed E-state index contributed by atoms with van der Waals surface area (Å²) in [5.74, 6) is -0.817. The summed E-state index contributed by atoms with van der Waals surface area (Å²) in [7, 11) is -1.04. The molecule has 6 atom stereocenters. The maximum absolute atomic E-state index is 14.0. The molecule has 1 amide bonds. The highest BCUT2D eigenvalue weighted by Gasteiger charge is 2.76. The van der Waals surface area contributed by atoms with Crippen LogP contribution in [0.1, 0.15) is 52.7 Å². The van der Waals surface area contributed by atoms with Crippen molar-refractivity contribution < 1.29 is 33.3 Å². The van der Waals surface area contributed by atoms with Crippen LogP contribution in [-0.4, -0.2) is 61.9 Å². The van der Waals surface area contributed by atoms with Gasteiger partial charge in [-0.1, -0.05) is 70.2 Å². The Morgan fingerprint density at radius 2 is 1.78 bits per heavy atom. The van der Waals surface area contributed by atoms with Gasteiger partial charge < -0.3 is 29.1 Å². The second kappa shape index (κ2) is 10.5. The van der Waals surface area contributed by atoms with Gasteiger partial charge in [0.15, 0.2) is 14.4 Å². The third-order valence-corrected chi connectivity index (χ3v) is 12.8. The number of nitrogens with one attached hydrogen (secondary N) is 1. The molecule has 2 N–H and O–H groups in total. The minimum atomic E-state index is -2.45. The topological polar surface area (TPSA) is 107 Å². The number of carbonyl (C=O) groups is 2. The van der Waals surface area contributed by atoms with Crippen molar-refractivity contribution in [3.05, 3.63) is 59.4 Å². The lowest BCUT2D eigenvalue weighted by Crippen LogP contribution is -2.63. The van der Waals surface area contributed by atoms with Crippen LogP contribution in [0.3, 0.4) is 0 Å². The number of ether oxygens (including phenoxy) is 3. The van der Waals surface area contributed by atoms with E-state index in [1.807, 2.05) is 25.1 Å². The Labute approximate surface area is 220 Å². The summed E-state index contributed by atoms with van der Waals surface area (Å²) in [5.41, 5.74) is -2.90. The fourth-order valence-corrected chi connectivity index (χ4v) is 8.41. The molecule has 2 fully saturated rings. The molecule has 9 heteroatoms. The van der Waals surface area contributed by atoms with Crippen molar-refractivity contribution in [2.75, 3.05) is 7.11 Å². The number of hydrogen-bond donors (Lipinski definition) is 2. The Hall–Kier alpha value is -2.30. The second-order valence-corrected chi connectivity index (χ2v) is 14.7. The number of Topliss-reactive ketones (excluding diaryl/α,β-unsaturated/α-hetero) is 1. The maximum atomic E-state index is 14.0. The number of allylic oxidation sites excluding steroid dienone is 1. The first-order valence-electron chi connectivity index (χ1n) is 13.2. The summed E-state index contributed by atoms with van der Waals surface area (Å²) in [4.78, 5) is 27.9. The number of aliphatic hydroxyl groups is 1. The van der Waals surface area contributed by atoms with Gasteiger partial charge in [0, 0.05) is 12.7 Å². The Morgan fingerprint density at radius 3 is 2.35 bits per heavy atom. The van der Waals surface area contributed by atoms with Crippen LogP contribution in [0.15, 0.2) is 53.8 Å². The molecule has 0 bridgehead atoms. The third-order valence-electron chi connectivity index (χ3n) is 8.23. The Kier molecular flexibility index (Phi) is 7.83. The van der Waals surface area contributed by atoms with Gasteiger partial charge in [-0.05, 0) is 37.0 Å². The highest BCUT2D eigenvalue weighted by atomic mass is 28.4. The van der Waals surface area contributed by atoms with Crippen molar-refractivity contribution in [2.45, 2.75) is 94.9 Å². The fourth-order valence-electron chi connectivity index (χ4n) is 5.57. The van der Waals surface area contributed by atoms with Gasteiger partial charge >= 0.3 is 0 Å². The number of benzene rings is 1. The maximum Gasteiger partial charge on any atom is 0.277 e. The molecule has 37 heavy (non-hydrogen) atoms. The summed E-state index contributed by atoms with van der Waals surface area (Å²) in [6, 6.07) is 11.2. The zero-order valence-electron chi connectivity index (χ0n) is 22.6. The molecule has 8 nitrogen and oxygen atoms in total. The molecular formula is C28H39NO7Si. The predicted octanol–water partition coefficient (Wildman–Crippen LogP) is 3.93. The molecule has 0 saturated carbocycles. The first-order chi connectivity index (χ1) is 17.7. The van der Waals surface area contributed by atoms with E-state index in [4.69, 9.17) is 18.6 Å². The number of hydrogen-bond acceptors (Lipinski definition) is 7. The molecule has 0 radical (unpaired) electrons. The summed E-state index contributed by atoms with van der Waals surface area (Å²) in [6.07, 6.45) is 1.60. The van der Waals surface area contributed by atoms with Crippen LogP contribution in [0.2, 0.25) is 18.1 Å². The summed E-state index contributed by atoms with van der Waals surface area (Å²) in [6.45, 7) is 9.87. The largest absolute Gasteiger partial charge is 0.467 e. The van der Waals surface area contributed by atoms with Crippen LogP contribution in [0.5, 0.6) is 0 Å². The van der Waals surface area contributed by atoms with Crippen molar-refractivity contribution >= 4 is 20.0 Å². The molecule has 0 aromatic heterocycles. The highest BCUT2D eigenvalue weighted by Crippen LogP contribution is 2.51. The average molecular weight is 530 g/mol. The molecular weight excluding hydrogens is 490 g/mol. The van der Waals surface area contributed by atoms with Crippen molar-refractivity contribution in [3.63, 3.8) is 0 Å². The van der Waals surface area contributed by atoms with Crippen molar-refractivity contribution in [1.82, 2.24) is 5.32 Å². The van der Waals surface area contributed by atoms with Crippen LogP contribution in [0, 0.1) is 0 Å². The normalized spacial score (nSPS) is 32.4. The van der Waals surface area contributed by atoms with Gasteiger partial charge in [-0.25, -0.2) is 0 Å². The number of amides is 1. The molecule has 202 valence electrons. The van der Waals surface area contributed by atoms with Gasteiger partial charge in [0.05, 0.1) is 0 Å². The third kappa shape index (κ3) is 4.30. The van der Waals surface area contributed by atoms with Gasteiger partial charge in [0.2, 0.25) is 11.5 Å². The molecule has 1 unspecified atom stereocenters. The number of epoxide rings is 1. The van der Waals surface area contributed by atoms with E-state index in [0.717, 1.165) is 24.6 Å². The highest BCUT2D eigenvalue weighted by molar-refractivity contribution is 6.73. The molecule has 1 aromatic rings.